The lowest BCUT2D eigenvalue weighted by molar-refractivity contribution is 0.223. The third kappa shape index (κ3) is 4.73. The highest BCUT2D eigenvalue weighted by Gasteiger charge is 2.06. The van der Waals surface area contributed by atoms with E-state index in [4.69, 9.17) is 0 Å². The normalized spacial score (nSPS) is 16.5. The van der Waals surface area contributed by atoms with Gasteiger partial charge in [0, 0.05) is 18.8 Å². The Bertz CT molecular complexity index is 104. The molecule has 12 heavy (non-hydrogen) atoms. The summed E-state index contributed by atoms with van der Waals surface area (Å²) in [5.41, 5.74) is 0. The van der Waals surface area contributed by atoms with Crippen LogP contribution in [0.1, 0.15) is 40.5 Å². The van der Waals surface area contributed by atoms with Gasteiger partial charge in [-0.3, -0.25) is 4.90 Å². The van der Waals surface area contributed by atoms with Crippen LogP contribution in [-0.4, -0.2) is 30.7 Å². The summed E-state index contributed by atoms with van der Waals surface area (Å²) in [6.07, 6.45) is 2.42. The van der Waals surface area contributed by atoms with Gasteiger partial charge in [-0.25, -0.2) is 0 Å². The van der Waals surface area contributed by atoms with Gasteiger partial charge in [-0.1, -0.05) is 13.8 Å². The molecule has 0 bridgehead atoms. The smallest absolute Gasteiger partial charge is 0.0482 e. The molecule has 0 amide bonds. The summed E-state index contributed by atoms with van der Waals surface area (Å²) in [6.45, 7) is 9.93. The molecular weight excluding hydrogens is 148 g/mol. The Balaban J connectivity index is 3.49. The van der Waals surface area contributed by atoms with Gasteiger partial charge in [0.2, 0.25) is 0 Å². The lowest BCUT2D eigenvalue weighted by Crippen LogP contribution is -2.40. The predicted molar refractivity (Wildman–Crippen MR) is 55.3 cm³/mol. The first-order valence-corrected chi connectivity index (χ1v) is 5.05. The first kappa shape index (κ1) is 11.9. The lowest BCUT2D eigenvalue weighted by atomic mass is 10.2. The third-order valence-electron chi connectivity index (χ3n) is 2.64. The summed E-state index contributed by atoms with van der Waals surface area (Å²) in [7, 11) is 2.17. The average Bonchev–Trinajstić information content (AvgIpc) is 2.11. The standard InChI is InChI=1S/C10H24N2/c1-6-9(3)11-8-12(5)10(4)7-2/h9-11H,6-8H2,1-5H3. The monoisotopic (exact) mass is 172 g/mol. The van der Waals surface area contributed by atoms with E-state index >= 15 is 0 Å². The Morgan fingerprint density at radius 3 is 2.17 bits per heavy atom. The third-order valence-corrected chi connectivity index (χ3v) is 2.64. The van der Waals surface area contributed by atoms with Crippen LogP contribution in [0.5, 0.6) is 0 Å². The maximum atomic E-state index is 3.47. The van der Waals surface area contributed by atoms with Crippen LogP contribution in [0.4, 0.5) is 0 Å². The first-order valence-electron chi connectivity index (χ1n) is 5.05. The summed E-state index contributed by atoms with van der Waals surface area (Å²) in [6, 6.07) is 1.32. The van der Waals surface area contributed by atoms with E-state index < -0.39 is 0 Å². The van der Waals surface area contributed by atoms with Gasteiger partial charge < -0.3 is 5.32 Å². The minimum Gasteiger partial charge on any atom is -0.302 e. The van der Waals surface area contributed by atoms with E-state index in [1.807, 2.05) is 0 Å². The van der Waals surface area contributed by atoms with Crippen molar-refractivity contribution in [3.05, 3.63) is 0 Å². The van der Waals surface area contributed by atoms with Crippen molar-refractivity contribution in [1.29, 1.82) is 0 Å². The zero-order valence-corrected chi connectivity index (χ0v) is 9.22. The number of hydrogen-bond acceptors (Lipinski definition) is 2. The maximum absolute atomic E-state index is 3.47. The molecule has 74 valence electrons. The molecule has 2 unspecified atom stereocenters. The second kappa shape index (κ2) is 6.44. The minimum absolute atomic E-state index is 0.636. The van der Waals surface area contributed by atoms with Crippen LogP contribution in [0, 0.1) is 0 Å². The molecular formula is C10H24N2. The van der Waals surface area contributed by atoms with Crippen molar-refractivity contribution in [2.45, 2.75) is 52.6 Å². The van der Waals surface area contributed by atoms with E-state index in [0.29, 0.717) is 12.1 Å². The SMILES string of the molecule is CCC(C)NCN(C)C(C)CC. The fourth-order valence-electron chi connectivity index (χ4n) is 0.912. The van der Waals surface area contributed by atoms with Gasteiger partial charge in [0.25, 0.3) is 0 Å². The van der Waals surface area contributed by atoms with Crippen molar-refractivity contribution >= 4 is 0 Å². The van der Waals surface area contributed by atoms with Gasteiger partial charge in [0.15, 0.2) is 0 Å². The highest BCUT2D eigenvalue weighted by atomic mass is 15.2. The molecule has 0 saturated carbocycles. The maximum Gasteiger partial charge on any atom is 0.0482 e. The second-order valence-corrected chi connectivity index (χ2v) is 3.69. The number of rotatable bonds is 6. The molecule has 0 aromatic carbocycles. The van der Waals surface area contributed by atoms with E-state index in [0.717, 1.165) is 6.67 Å². The molecule has 0 spiro atoms. The Morgan fingerprint density at radius 2 is 1.75 bits per heavy atom. The van der Waals surface area contributed by atoms with Crippen molar-refractivity contribution in [3.8, 4) is 0 Å². The molecule has 0 heterocycles. The number of nitrogens with zero attached hydrogens (tertiary/aromatic N) is 1. The van der Waals surface area contributed by atoms with Crippen LogP contribution in [-0.2, 0) is 0 Å². The quantitative estimate of drug-likeness (QED) is 0.617. The molecule has 0 saturated heterocycles. The Labute approximate surface area is 77.3 Å². The largest absolute Gasteiger partial charge is 0.302 e. The van der Waals surface area contributed by atoms with Crippen LogP contribution in [0.15, 0.2) is 0 Å². The fraction of sp³-hybridized carbons (Fsp3) is 1.00. The van der Waals surface area contributed by atoms with Gasteiger partial charge in [-0.2, -0.15) is 0 Å². The van der Waals surface area contributed by atoms with E-state index in [-0.39, 0.29) is 0 Å². The van der Waals surface area contributed by atoms with E-state index in [1.165, 1.54) is 12.8 Å². The molecule has 0 radical (unpaired) electrons. The van der Waals surface area contributed by atoms with Crippen LogP contribution in [0.25, 0.3) is 0 Å². The summed E-state index contributed by atoms with van der Waals surface area (Å²) >= 11 is 0. The van der Waals surface area contributed by atoms with Crippen molar-refractivity contribution in [1.82, 2.24) is 10.2 Å². The number of nitrogens with one attached hydrogen (secondary N) is 1. The summed E-state index contributed by atoms with van der Waals surface area (Å²) < 4.78 is 0. The fourth-order valence-corrected chi connectivity index (χ4v) is 0.912. The molecule has 0 rings (SSSR count). The van der Waals surface area contributed by atoms with Gasteiger partial charge in [0.1, 0.15) is 0 Å². The topological polar surface area (TPSA) is 15.3 Å². The molecule has 2 heteroatoms. The minimum atomic E-state index is 0.636. The lowest BCUT2D eigenvalue weighted by Gasteiger charge is -2.25. The molecule has 2 nitrogen and oxygen atoms in total. The van der Waals surface area contributed by atoms with Crippen molar-refractivity contribution in [2.24, 2.45) is 0 Å². The Hall–Kier alpha value is -0.0800. The zero-order valence-electron chi connectivity index (χ0n) is 9.22. The second-order valence-electron chi connectivity index (χ2n) is 3.69. The van der Waals surface area contributed by atoms with Crippen LogP contribution < -0.4 is 5.32 Å². The Kier molecular flexibility index (Phi) is 6.39. The molecule has 1 N–H and O–H groups in total. The number of hydrogen-bond donors (Lipinski definition) is 1. The summed E-state index contributed by atoms with van der Waals surface area (Å²) in [5.74, 6) is 0. The van der Waals surface area contributed by atoms with Crippen LogP contribution in [0.2, 0.25) is 0 Å². The highest BCUT2D eigenvalue weighted by Crippen LogP contribution is 1.98. The molecule has 0 aliphatic carbocycles. The van der Waals surface area contributed by atoms with E-state index in [1.54, 1.807) is 0 Å². The first-order chi connectivity index (χ1) is 5.61. The van der Waals surface area contributed by atoms with E-state index in [9.17, 15) is 0 Å². The van der Waals surface area contributed by atoms with Crippen molar-refractivity contribution in [2.75, 3.05) is 13.7 Å². The molecule has 0 fully saturated rings. The summed E-state index contributed by atoms with van der Waals surface area (Å²) in [5, 5.41) is 3.47. The molecule has 0 aliphatic rings. The van der Waals surface area contributed by atoms with Gasteiger partial charge in [-0.05, 0) is 33.7 Å². The molecule has 2 atom stereocenters. The summed E-state index contributed by atoms with van der Waals surface area (Å²) in [4.78, 5) is 2.35. The van der Waals surface area contributed by atoms with Gasteiger partial charge in [-0.15, -0.1) is 0 Å². The predicted octanol–water partition coefficient (Wildman–Crippen LogP) is 2.06. The van der Waals surface area contributed by atoms with Crippen molar-refractivity contribution < 1.29 is 0 Å². The van der Waals surface area contributed by atoms with Gasteiger partial charge in [0.05, 0.1) is 0 Å². The van der Waals surface area contributed by atoms with Crippen LogP contribution in [0.3, 0.4) is 0 Å². The molecule has 0 aromatic heterocycles. The molecule has 0 aromatic rings. The van der Waals surface area contributed by atoms with E-state index in [2.05, 4.69) is 45.0 Å². The molecule has 0 aliphatic heterocycles. The van der Waals surface area contributed by atoms with Gasteiger partial charge >= 0.3 is 0 Å². The van der Waals surface area contributed by atoms with Crippen molar-refractivity contribution in [3.63, 3.8) is 0 Å². The Morgan fingerprint density at radius 1 is 1.17 bits per heavy atom. The highest BCUT2D eigenvalue weighted by molar-refractivity contribution is 4.62. The zero-order chi connectivity index (χ0) is 9.56. The average molecular weight is 172 g/mol. The van der Waals surface area contributed by atoms with Crippen LogP contribution >= 0.6 is 0 Å².